The Balaban J connectivity index is 1.66. The summed E-state index contributed by atoms with van der Waals surface area (Å²) in [5, 5.41) is 7.85. The molecule has 0 spiro atoms. The molecule has 188 valence electrons. The van der Waals surface area contributed by atoms with Crippen LogP contribution in [-0.2, 0) is 22.5 Å². The summed E-state index contributed by atoms with van der Waals surface area (Å²) in [7, 11) is 3.27. The standard InChI is InChI=1S/C26H40N4O4/c1-18(2)17-30-20(4)22(19(3)28-30)8-10-26(31)27-16-23(29-11-13-34-14-12-29)21-7-9-24(32-5)25(15-21)33-6/h7,9,15,18,23H,8,10-14,16-17H2,1-6H3,(H,27,31). The number of morpholine rings is 1. The van der Waals surface area contributed by atoms with E-state index in [0.717, 1.165) is 36.6 Å². The van der Waals surface area contributed by atoms with Crippen molar-refractivity contribution in [3.05, 3.63) is 40.7 Å². The van der Waals surface area contributed by atoms with Crippen molar-refractivity contribution in [1.82, 2.24) is 20.0 Å². The molecule has 1 aliphatic heterocycles. The van der Waals surface area contributed by atoms with Crippen molar-refractivity contribution in [2.75, 3.05) is 47.1 Å². The Hall–Kier alpha value is -2.58. The number of aromatic nitrogens is 2. The van der Waals surface area contributed by atoms with Crippen LogP contribution in [0.15, 0.2) is 18.2 Å². The molecule has 34 heavy (non-hydrogen) atoms. The maximum atomic E-state index is 12.8. The second-order valence-corrected chi connectivity index (χ2v) is 9.31. The molecule has 1 aromatic carbocycles. The number of methoxy groups -OCH3 is 2. The van der Waals surface area contributed by atoms with Gasteiger partial charge in [0.1, 0.15) is 0 Å². The van der Waals surface area contributed by atoms with Crippen molar-refractivity contribution in [3.63, 3.8) is 0 Å². The third-order valence-electron chi connectivity index (χ3n) is 6.44. The molecule has 8 nitrogen and oxygen atoms in total. The van der Waals surface area contributed by atoms with E-state index >= 15 is 0 Å². The van der Waals surface area contributed by atoms with Crippen LogP contribution in [0, 0.1) is 19.8 Å². The van der Waals surface area contributed by atoms with Crippen molar-refractivity contribution in [2.24, 2.45) is 5.92 Å². The lowest BCUT2D eigenvalue weighted by molar-refractivity contribution is -0.121. The Morgan fingerprint density at radius 2 is 1.85 bits per heavy atom. The first-order valence-corrected chi connectivity index (χ1v) is 12.2. The lowest BCUT2D eigenvalue weighted by atomic mass is 10.0. The van der Waals surface area contributed by atoms with Gasteiger partial charge in [-0.1, -0.05) is 19.9 Å². The first-order valence-electron chi connectivity index (χ1n) is 12.2. The Morgan fingerprint density at radius 3 is 2.50 bits per heavy atom. The van der Waals surface area contributed by atoms with Gasteiger partial charge in [-0.3, -0.25) is 14.4 Å². The van der Waals surface area contributed by atoms with Gasteiger partial charge in [-0.05, 0) is 49.4 Å². The van der Waals surface area contributed by atoms with Crippen LogP contribution in [0.4, 0.5) is 0 Å². The fourth-order valence-electron chi connectivity index (χ4n) is 4.56. The highest BCUT2D eigenvalue weighted by Crippen LogP contribution is 2.32. The van der Waals surface area contributed by atoms with Gasteiger partial charge < -0.3 is 19.5 Å². The van der Waals surface area contributed by atoms with Crippen molar-refractivity contribution in [3.8, 4) is 11.5 Å². The number of carbonyl (C=O) groups excluding carboxylic acids is 1. The summed E-state index contributed by atoms with van der Waals surface area (Å²) in [6, 6.07) is 6.00. The number of hydrogen-bond donors (Lipinski definition) is 1. The maximum absolute atomic E-state index is 12.8. The Kier molecular flexibility index (Phi) is 9.36. The molecular weight excluding hydrogens is 432 g/mol. The van der Waals surface area contributed by atoms with E-state index in [1.807, 2.05) is 25.1 Å². The summed E-state index contributed by atoms with van der Waals surface area (Å²) in [5.74, 6) is 1.96. The van der Waals surface area contributed by atoms with E-state index in [4.69, 9.17) is 14.2 Å². The third-order valence-corrected chi connectivity index (χ3v) is 6.44. The lowest BCUT2D eigenvalue weighted by Gasteiger charge is -2.35. The normalized spacial score (nSPS) is 15.4. The Labute approximate surface area is 203 Å². The largest absolute Gasteiger partial charge is 0.493 e. The second-order valence-electron chi connectivity index (χ2n) is 9.31. The predicted octanol–water partition coefficient (Wildman–Crippen LogP) is 3.30. The van der Waals surface area contributed by atoms with Gasteiger partial charge in [-0.15, -0.1) is 0 Å². The molecule has 1 aromatic heterocycles. The van der Waals surface area contributed by atoms with Gasteiger partial charge in [0.05, 0.1) is 39.2 Å². The Bertz CT molecular complexity index is 951. The smallest absolute Gasteiger partial charge is 0.220 e. The topological polar surface area (TPSA) is 77.9 Å². The monoisotopic (exact) mass is 472 g/mol. The molecule has 3 rings (SSSR count). The fraction of sp³-hybridized carbons (Fsp3) is 0.615. The maximum Gasteiger partial charge on any atom is 0.220 e. The van der Waals surface area contributed by atoms with Gasteiger partial charge in [0.25, 0.3) is 0 Å². The molecular formula is C26H40N4O4. The highest BCUT2D eigenvalue weighted by molar-refractivity contribution is 5.76. The van der Waals surface area contributed by atoms with Gasteiger partial charge in [0.15, 0.2) is 11.5 Å². The summed E-state index contributed by atoms with van der Waals surface area (Å²) in [6.07, 6.45) is 1.14. The summed E-state index contributed by atoms with van der Waals surface area (Å²) in [4.78, 5) is 15.2. The third kappa shape index (κ3) is 6.51. The number of rotatable bonds is 11. The minimum atomic E-state index is 0.0323. The first kappa shape index (κ1) is 26.0. The van der Waals surface area contributed by atoms with Crippen LogP contribution >= 0.6 is 0 Å². The van der Waals surface area contributed by atoms with Gasteiger partial charge in [-0.25, -0.2) is 0 Å². The number of nitrogens with zero attached hydrogens (tertiary/aromatic N) is 3. The molecule has 0 aliphatic carbocycles. The van der Waals surface area contributed by atoms with Gasteiger partial charge in [0.2, 0.25) is 5.91 Å². The molecule has 1 atom stereocenters. The van der Waals surface area contributed by atoms with Crippen LogP contribution in [0.2, 0.25) is 0 Å². The number of benzene rings is 1. The molecule has 1 saturated heterocycles. The van der Waals surface area contributed by atoms with Crippen LogP contribution in [0.5, 0.6) is 11.5 Å². The quantitative estimate of drug-likeness (QED) is 0.541. The van der Waals surface area contributed by atoms with Crippen LogP contribution in [0.1, 0.15) is 48.8 Å². The van der Waals surface area contributed by atoms with Crippen LogP contribution in [0.25, 0.3) is 0 Å². The molecule has 0 radical (unpaired) electrons. The molecule has 0 bridgehead atoms. The molecule has 0 saturated carbocycles. The minimum absolute atomic E-state index is 0.0323. The zero-order chi connectivity index (χ0) is 24.7. The number of carbonyl (C=O) groups is 1. The average Bonchev–Trinajstić information content (AvgIpc) is 3.09. The van der Waals surface area contributed by atoms with Crippen molar-refractivity contribution >= 4 is 5.91 Å². The molecule has 2 aromatic rings. The first-order chi connectivity index (χ1) is 16.3. The van der Waals surface area contributed by atoms with Crippen molar-refractivity contribution < 1.29 is 19.0 Å². The number of ether oxygens (including phenoxy) is 3. The van der Waals surface area contributed by atoms with Crippen LogP contribution in [-0.4, -0.2) is 67.7 Å². The van der Waals surface area contributed by atoms with Crippen molar-refractivity contribution in [1.29, 1.82) is 0 Å². The minimum Gasteiger partial charge on any atom is -0.493 e. The molecule has 1 fully saturated rings. The highest BCUT2D eigenvalue weighted by Gasteiger charge is 2.24. The summed E-state index contributed by atoms with van der Waals surface area (Å²) in [5.41, 5.74) is 4.44. The van der Waals surface area contributed by atoms with Gasteiger partial charge in [0, 0.05) is 38.3 Å². The van der Waals surface area contributed by atoms with E-state index in [-0.39, 0.29) is 11.9 Å². The molecule has 2 heterocycles. The summed E-state index contributed by atoms with van der Waals surface area (Å²) < 4.78 is 18.5. The fourth-order valence-corrected chi connectivity index (χ4v) is 4.56. The van der Waals surface area contributed by atoms with Gasteiger partial charge >= 0.3 is 0 Å². The van der Waals surface area contributed by atoms with Gasteiger partial charge in [-0.2, -0.15) is 5.10 Å². The number of amides is 1. The Morgan fingerprint density at radius 1 is 1.15 bits per heavy atom. The van der Waals surface area contributed by atoms with E-state index in [1.54, 1.807) is 14.2 Å². The van der Waals surface area contributed by atoms with E-state index < -0.39 is 0 Å². The van der Waals surface area contributed by atoms with E-state index in [2.05, 4.69) is 40.8 Å². The molecule has 1 N–H and O–H groups in total. The van der Waals surface area contributed by atoms with E-state index in [0.29, 0.717) is 50.0 Å². The molecule has 8 heteroatoms. The van der Waals surface area contributed by atoms with Crippen LogP contribution in [0.3, 0.4) is 0 Å². The predicted molar refractivity (Wildman–Crippen MR) is 133 cm³/mol. The lowest BCUT2D eigenvalue weighted by Crippen LogP contribution is -2.43. The molecule has 1 aliphatic rings. The van der Waals surface area contributed by atoms with Crippen LogP contribution < -0.4 is 14.8 Å². The summed E-state index contributed by atoms with van der Waals surface area (Å²) >= 11 is 0. The van der Waals surface area contributed by atoms with E-state index in [1.165, 1.54) is 5.56 Å². The molecule has 1 unspecified atom stereocenters. The summed E-state index contributed by atoms with van der Waals surface area (Å²) in [6.45, 7) is 13.0. The van der Waals surface area contributed by atoms with Crippen molar-refractivity contribution in [2.45, 2.75) is 53.1 Å². The number of nitrogens with one attached hydrogen (secondary N) is 1. The van der Waals surface area contributed by atoms with E-state index in [9.17, 15) is 4.79 Å². The zero-order valence-corrected chi connectivity index (χ0v) is 21.5. The molecule has 1 amide bonds. The SMILES string of the molecule is COc1ccc(C(CNC(=O)CCc2c(C)nn(CC(C)C)c2C)N2CCOCC2)cc1OC. The zero-order valence-electron chi connectivity index (χ0n) is 21.5. The number of hydrogen-bond acceptors (Lipinski definition) is 6. The highest BCUT2D eigenvalue weighted by atomic mass is 16.5. The number of aryl methyl sites for hydroxylation is 1. The second kappa shape index (κ2) is 12.2. The average molecular weight is 473 g/mol.